The second-order valence-electron chi connectivity index (χ2n) is 4.67. The number of nitrogen functional groups attached to an aromatic ring is 1. The highest BCUT2D eigenvalue weighted by molar-refractivity contribution is 9.10. The molecule has 1 atom stereocenters. The Morgan fingerprint density at radius 3 is 2.52 bits per heavy atom. The molecule has 21 heavy (non-hydrogen) atoms. The van der Waals surface area contributed by atoms with Gasteiger partial charge < -0.3 is 15.8 Å². The van der Waals surface area contributed by atoms with E-state index >= 15 is 0 Å². The molecule has 0 unspecified atom stereocenters. The second kappa shape index (κ2) is 6.63. The van der Waals surface area contributed by atoms with Gasteiger partial charge in [-0.3, -0.25) is 4.79 Å². The topological polar surface area (TPSA) is 64.3 Å². The molecule has 110 valence electrons. The number of anilines is 1. The molecule has 4 nitrogen and oxygen atoms in total. The molecule has 2 rings (SSSR count). The molecule has 0 saturated carbocycles. The Balaban J connectivity index is 2.18. The maximum Gasteiger partial charge on any atom is 0.255 e. The molecule has 0 aliphatic heterocycles. The first-order valence-electron chi connectivity index (χ1n) is 6.51. The lowest BCUT2D eigenvalue weighted by atomic mass is 10.1. The second-order valence-corrected chi connectivity index (χ2v) is 5.59. The van der Waals surface area contributed by atoms with Crippen molar-refractivity contribution in [3.63, 3.8) is 0 Å². The Bertz CT molecular complexity index is 641. The van der Waals surface area contributed by atoms with Crippen molar-refractivity contribution in [3.8, 4) is 5.75 Å². The number of ether oxygens (including phenoxy) is 1. The SMILES string of the molecule is COc1c(N)cccc1C(=O)N[C@H](C)c1ccc(Br)cc1. The van der Waals surface area contributed by atoms with Crippen molar-refractivity contribution in [1.82, 2.24) is 5.32 Å². The van der Waals surface area contributed by atoms with Crippen molar-refractivity contribution in [1.29, 1.82) is 0 Å². The van der Waals surface area contributed by atoms with Crippen LogP contribution >= 0.6 is 15.9 Å². The van der Waals surface area contributed by atoms with Crippen molar-refractivity contribution in [2.75, 3.05) is 12.8 Å². The molecule has 0 aliphatic rings. The predicted molar refractivity (Wildman–Crippen MR) is 87.4 cm³/mol. The third-order valence-electron chi connectivity index (χ3n) is 3.21. The van der Waals surface area contributed by atoms with Crippen LogP contribution in [0.1, 0.15) is 28.9 Å². The van der Waals surface area contributed by atoms with E-state index in [0.29, 0.717) is 17.0 Å². The fraction of sp³-hybridized carbons (Fsp3) is 0.188. The van der Waals surface area contributed by atoms with Gasteiger partial charge in [-0.25, -0.2) is 0 Å². The molecular formula is C16H17BrN2O2. The van der Waals surface area contributed by atoms with Crippen molar-refractivity contribution in [2.24, 2.45) is 0 Å². The maximum absolute atomic E-state index is 12.4. The van der Waals surface area contributed by atoms with Crippen molar-refractivity contribution in [3.05, 3.63) is 58.1 Å². The number of hydrogen-bond acceptors (Lipinski definition) is 3. The van der Waals surface area contributed by atoms with Crippen LogP contribution in [0, 0.1) is 0 Å². The average molecular weight is 349 g/mol. The zero-order chi connectivity index (χ0) is 15.4. The molecule has 0 aliphatic carbocycles. The van der Waals surface area contributed by atoms with E-state index < -0.39 is 0 Å². The first-order valence-corrected chi connectivity index (χ1v) is 7.31. The number of hydrogen-bond donors (Lipinski definition) is 2. The zero-order valence-electron chi connectivity index (χ0n) is 11.9. The normalized spacial score (nSPS) is 11.8. The van der Waals surface area contributed by atoms with E-state index in [-0.39, 0.29) is 11.9 Å². The maximum atomic E-state index is 12.4. The van der Waals surface area contributed by atoms with Crippen LogP contribution in [0.25, 0.3) is 0 Å². The van der Waals surface area contributed by atoms with Crippen LogP contribution < -0.4 is 15.8 Å². The van der Waals surface area contributed by atoms with E-state index in [4.69, 9.17) is 10.5 Å². The molecule has 0 heterocycles. The molecule has 0 radical (unpaired) electrons. The van der Waals surface area contributed by atoms with Crippen LogP contribution in [-0.4, -0.2) is 13.0 Å². The standard InChI is InChI=1S/C16H17BrN2O2/c1-10(11-6-8-12(17)9-7-11)19-16(20)13-4-3-5-14(18)15(13)21-2/h3-10H,18H2,1-2H3,(H,19,20)/t10-/m1/s1. The van der Waals surface area contributed by atoms with Crippen LogP contribution in [-0.2, 0) is 0 Å². The Kier molecular flexibility index (Phi) is 4.85. The van der Waals surface area contributed by atoms with Crippen molar-refractivity contribution in [2.45, 2.75) is 13.0 Å². The van der Waals surface area contributed by atoms with Gasteiger partial charge in [-0.05, 0) is 36.8 Å². The minimum absolute atomic E-state index is 0.114. The first kappa shape index (κ1) is 15.4. The molecule has 1 amide bonds. The lowest BCUT2D eigenvalue weighted by Crippen LogP contribution is -2.27. The average Bonchev–Trinajstić information content (AvgIpc) is 2.47. The predicted octanol–water partition coefficient (Wildman–Crippen LogP) is 3.53. The summed E-state index contributed by atoms with van der Waals surface area (Å²) in [6.07, 6.45) is 0. The molecule has 3 N–H and O–H groups in total. The molecule has 0 saturated heterocycles. The third kappa shape index (κ3) is 3.55. The highest BCUT2D eigenvalue weighted by atomic mass is 79.9. The fourth-order valence-corrected chi connectivity index (χ4v) is 2.34. The molecule has 0 fully saturated rings. The number of methoxy groups -OCH3 is 1. The lowest BCUT2D eigenvalue weighted by Gasteiger charge is -2.16. The molecule has 5 heteroatoms. The van der Waals surface area contributed by atoms with E-state index in [1.807, 2.05) is 31.2 Å². The van der Waals surface area contributed by atoms with E-state index in [1.54, 1.807) is 18.2 Å². The Labute approximate surface area is 132 Å². The minimum Gasteiger partial charge on any atom is -0.494 e. The van der Waals surface area contributed by atoms with Gasteiger partial charge in [0, 0.05) is 4.47 Å². The third-order valence-corrected chi connectivity index (χ3v) is 3.74. The summed E-state index contributed by atoms with van der Waals surface area (Å²) in [6, 6.07) is 12.8. The number of nitrogens with one attached hydrogen (secondary N) is 1. The van der Waals surface area contributed by atoms with Crippen LogP contribution in [0.2, 0.25) is 0 Å². The van der Waals surface area contributed by atoms with Crippen LogP contribution in [0.15, 0.2) is 46.9 Å². The van der Waals surface area contributed by atoms with Crippen LogP contribution in [0.4, 0.5) is 5.69 Å². The number of rotatable bonds is 4. The van der Waals surface area contributed by atoms with Gasteiger partial charge in [0.2, 0.25) is 0 Å². The van der Waals surface area contributed by atoms with Crippen molar-refractivity contribution >= 4 is 27.5 Å². The van der Waals surface area contributed by atoms with E-state index in [0.717, 1.165) is 10.0 Å². The van der Waals surface area contributed by atoms with Gasteiger partial charge >= 0.3 is 0 Å². The Hall–Kier alpha value is -2.01. The Morgan fingerprint density at radius 2 is 1.90 bits per heavy atom. The molecule has 2 aromatic rings. The van der Waals surface area contributed by atoms with Gasteiger partial charge in [-0.1, -0.05) is 34.1 Å². The highest BCUT2D eigenvalue weighted by Crippen LogP contribution is 2.26. The van der Waals surface area contributed by atoms with Gasteiger partial charge in [0.05, 0.1) is 24.4 Å². The summed E-state index contributed by atoms with van der Waals surface area (Å²) in [5.74, 6) is 0.188. The summed E-state index contributed by atoms with van der Waals surface area (Å²) in [5.41, 5.74) is 7.72. The molecule has 0 spiro atoms. The first-order chi connectivity index (χ1) is 10.0. The van der Waals surface area contributed by atoms with Gasteiger partial charge in [-0.15, -0.1) is 0 Å². The number of nitrogens with two attached hydrogens (primary N) is 1. The van der Waals surface area contributed by atoms with Crippen molar-refractivity contribution < 1.29 is 9.53 Å². The number of amides is 1. The van der Waals surface area contributed by atoms with E-state index in [1.165, 1.54) is 7.11 Å². The summed E-state index contributed by atoms with van der Waals surface area (Å²) in [7, 11) is 1.50. The highest BCUT2D eigenvalue weighted by Gasteiger charge is 2.17. The number of benzene rings is 2. The number of para-hydroxylation sites is 1. The smallest absolute Gasteiger partial charge is 0.255 e. The zero-order valence-corrected chi connectivity index (χ0v) is 13.5. The molecule has 2 aromatic carbocycles. The largest absolute Gasteiger partial charge is 0.494 e. The molecule has 0 bridgehead atoms. The number of carbonyl (C=O) groups is 1. The van der Waals surface area contributed by atoms with Gasteiger partial charge in [0.25, 0.3) is 5.91 Å². The lowest BCUT2D eigenvalue weighted by molar-refractivity contribution is 0.0937. The molecule has 0 aromatic heterocycles. The van der Waals surface area contributed by atoms with E-state index in [9.17, 15) is 4.79 Å². The number of carbonyl (C=O) groups excluding carboxylic acids is 1. The summed E-state index contributed by atoms with van der Waals surface area (Å²) < 4.78 is 6.21. The Morgan fingerprint density at radius 1 is 1.24 bits per heavy atom. The monoisotopic (exact) mass is 348 g/mol. The van der Waals surface area contributed by atoms with E-state index in [2.05, 4.69) is 21.2 Å². The van der Waals surface area contributed by atoms with Crippen LogP contribution in [0.5, 0.6) is 5.75 Å². The summed E-state index contributed by atoms with van der Waals surface area (Å²) in [6.45, 7) is 1.93. The summed E-state index contributed by atoms with van der Waals surface area (Å²) in [4.78, 5) is 12.4. The summed E-state index contributed by atoms with van der Waals surface area (Å²) >= 11 is 3.39. The quantitative estimate of drug-likeness (QED) is 0.830. The van der Waals surface area contributed by atoms with Gasteiger partial charge in [0.1, 0.15) is 0 Å². The fourth-order valence-electron chi connectivity index (χ4n) is 2.07. The van der Waals surface area contributed by atoms with Gasteiger partial charge in [0.15, 0.2) is 5.75 Å². The summed E-state index contributed by atoms with van der Waals surface area (Å²) in [5, 5.41) is 2.94. The van der Waals surface area contributed by atoms with Gasteiger partial charge in [-0.2, -0.15) is 0 Å². The number of halogens is 1. The minimum atomic E-state index is -0.213. The molecular weight excluding hydrogens is 332 g/mol. The van der Waals surface area contributed by atoms with Crippen LogP contribution in [0.3, 0.4) is 0 Å².